The maximum Gasteiger partial charge on any atom is 0.241 e. The van der Waals surface area contributed by atoms with E-state index < -0.39 is 24.4 Å². The first-order chi connectivity index (χ1) is 15.2. The van der Waals surface area contributed by atoms with Crippen molar-refractivity contribution >= 4 is 5.91 Å². The van der Waals surface area contributed by atoms with E-state index in [9.17, 15) is 19.4 Å². The predicted molar refractivity (Wildman–Crippen MR) is 121 cm³/mol. The minimum atomic E-state index is -0.978. The third-order valence-corrected chi connectivity index (χ3v) is 8.75. The molecule has 12 atom stereocenters. The van der Waals surface area contributed by atoms with E-state index in [2.05, 4.69) is 42.2 Å². The number of carbonyl (C=O) groups is 1. The summed E-state index contributed by atoms with van der Waals surface area (Å²) in [4.78, 5) is 15.6. The fourth-order valence-electron chi connectivity index (χ4n) is 6.63. The summed E-state index contributed by atoms with van der Waals surface area (Å²) in [5, 5.41) is 23.6. The van der Waals surface area contributed by atoms with Gasteiger partial charge in [-0.3, -0.25) is 10.2 Å². The molecule has 0 aromatic rings. The first-order valence-corrected chi connectivity index (χ1v) is 12.4. The zero-order valence-corrected chi connectivity index (χ0v) is 19.7. The Hall–Kier alpha value is -1.06. The van der Waals surface area contributed by atoms with Crippen LogP contribution in [0.15, 0.2) is 12.2 Å². The monoisotopic (exact) mass is 452 g/mol. The molecule has 0 aromatic heterocycles. The van der Waals surface area contributed by atoms with Crippen molar-refractivity contribution in [2.24, 2.45) is 23.7 Å². The smallest absolute Gasteiger partial charge is 0.241 e. The number of carbonyl (C=O) groups excluding carboxylic acids is 1. The number of hydrazine groups is 1. The first-order valence-electron chi connectivity index (χ1n) is 12.4. The quantitative estimate of drug-likeness (QED) is 0.401. The van der Waals surface area contributed by atoms with Crippen LogP contribution in [0, 0.1) is 23.7 Å². The topological polar surface area (TPSA) is 96.9 Å². The van der Waals surface area contributed by atoms with Gasteiger partial charge in [-0.15, -0.1) is 0 Å². The van der Waals surface area contributed by atoms with E-state index in [-0.39, 0.29) is 48.5 Å². The zero-order valence-electron chi connectivity index (χ0n) is 19.7. The molecule has 0 bridgehead atoms. The van der Waals surface area contributed by atoms with Crippen LogP contribution in [0.4, 0.5) is 4.39 Å². The highest BCUT2D eigenvalue weighted by atomic mass is 19.1. The number of alkyl halides is 1. The Morgan fingerprint density at radius 2 is 1.97 bits per heavy atom. The van der Waals surface area contributed by atoms with Gasteiger partial charge >= 0.3 is 0 Å². The summed E-state index contributed by atoms with van der Waals surface area (Å²) in [5.41, 5.74) is 6.40. The number of rotatable bonds is 5. The molecule has 2 heterocycles. The zero-order chi connectivity index (χ0) is 23.2. The lowest BCUT2D eigenvalue weighted by Gasteiger charge is -2.40. The maximum atomic E-state index is 14.6. The van der Waals surface area contributed by atoms with Crippen LogP contribution >= 0.6 is 0 Å². The fraction of sp³-hybridized carbons (Fsp3) is 0.875. The van der Waals surface area contributed by atoms with Crippen LogP contribution in [0.3, 0.4) is 0 Å². The predicted octanol–water partition coefficient (Wildman–Crippen LogP) is 1.12. The Bertz CT molecular complexity index is 709. The molecular weight excluding hydrogens is 411 g/mol. The van der Waals surface area contributed by atoms with Crippen molar-refractivity contribution in [2.45, 2.75) is 102 Å². The van der Waals surface area contributed by atoms with E-state index >= 15 is 0 Å². The number of hydrogen-bond acceptors (Lipinski definition) is 6. The number of allylic oxidation sites excluding steroid dienone is 2. The highest BCUT2D eigenvalue weighted by Crippen LogP contribution is 2.39. The van der Waals surface area contributed by atoms with E-state index in [1.807, 2.05) is 18.7 Å². The van der Waals surface area contributed by atoms with Crippen molar-refractivity contribution in [3.05, 3.63) is 12.2 Å². The van der Waals surface area contributed by atoms with E-state index in [1.54, 1.807) is 0 Å². The maximum absolute atomic E-state index is 14.6. The number of aliphatic hydroxyl groups excluding tert-OH is 2. The van der Waals surface area contributed by atoms with Gasteiger partial charge in [0, 0.05) is 36.5 Å². The summed E-state index contributed by atoms with van der Waals surface area (Å²) in [6.07, 6.45) is 4.55. The molecule has 8 heteroatoms. The summed E-state index contributed by atoms with van der Waals surface area (Å²) in [6, 6.07) is -0.752. The Kier molecular flexibility index (Phi) is 7.27. The number of aliphatic hydroxyl groups is 2. The van der Waals surface area contributed by atoms with E-state index in [0.29, 0.717) is 31.1 Å². The molecule has 182 valence electrons. The second-order valence-electron chi connectivity index (χ2n) is 10.8. The lowest BCUT2D eigenvalue weighted by molar-refractivity contribution is -0.137. The van der Waals surface area contributed by atoms with Gasteiger partial charge in [0.05, 0.1) is 18.8 Å². The Labute approximate surface area is 191 Å². The summed E-state index contributed by atoms with van der Waals surface area (Å²) in [7, 11) is 0. The van der Waals surface area contributed by atoms with E-state index in [1.165, 1.54) is 0 Å². The molecule has 1 amide bonds. The van der Waals surface area contributed by atoms with Gasteiger partial charge in [0.25, 0.3) is 0 Å². The number of hydrogen-bond donors (Lipinski definition) is 5. The lowest BCUT2D eigenvalue weighted by Crippen LogP contribution is -2.56. The lowest BCUT2D eigenvalue weighted by atomic mass is 9.73. The van der Waals surface area contributed by atoms with Gasteiger partial charge in [-0.2, -0.15) is 0 Å². The van der Waals surface area contributed by atoms with Crippen molar-refractivity contribution in [1.29, 1.82) is 0 Å². The van der Waals surface area contributed by atoms with Gasteiger partial charge in [-0.1, -0.05) is 26.0 Å². The van der Waals surface area contributed by atoms with Gasteiger partial charge in [-0.05, 0) is 50.9 Å². The minimum absolute atomic E-state index is 0.0351. The fourth-order valence-corrected chi connectivity index (χ4v) is 6.63. The SMILES string of the molecule is CC1C=CCC([C@H]2C[C@H](F)CN2C(=O)C2NNC(C)C2C(C)N[C@@H]2CC[C@@H](O)[C@H]2O)C1C. The van der Waals surface area contributed by atoms with Crippen LogP contribution < -0.4 is 16.2 Å². The van der Waals surface area contributed by atoms with Crippen molar-refractivity contribution in [3.8, 4) is 0 Å². The molecule has 0 aromatic carbocycles. The van der Waals surface area contributed by atoms with Crippen LogP contribution in [0.5, 0.6) is 0 Å². The average molecular weight is 453 g/mol. The van der Waals surface area contributed by atoms with Gasteiger partial charge < -0.3 is 20.4 Å². The van der Waals surface area contributed by atoms with Gasteiger partial charge in [0.1, 0.15) is 12.2 Å². The van der Waals surface area contributed by atoms with Crippen LogP contribution in [0.1, 0.15) is 53.4 Å². The first kappa shape index (κ1) is 24.1. The number of amides is 1. The molecule has 2 saturated heterocycles. The largest absolute Gasteiger partial charge is 0.390 e. The van der Waals surface area contributed by atoms with Crippen LogP contribution in [0.25, 0.3) is 0 Å². The Morgan fingerprint density at radius 1 is 1.22 bits per heavy atom. The highest BCUT2D eigenvalue weighted by Gasteiger charge is 2.49. The summed E-state index contributed by atoms with van der Waals surface area (Å²) in [5.74, 6) is 1.02. The Balaban J connectivity index is 1.48. The normalized spacial score (nSPS) is 47.8. The summed E-state index contributed by atoms with van der Waals surface area (Å²) >= 11 is 0. The standard InChI is InChI=1S/C24H41FN4O3/c1-12-6-5-7-17(13(12)2)19-10-16(25)11-29(19)24(32)22-21(15(4)27-28-22)14(3)26-18-8-9-20(30)23(18)31/h5-6,12-23,26-28,30-31H,7-11H2,1-4H3/t12?,13?,14?,15?,16-,17?,18+,19+,20+,21?,22?,23-/m0/s1. The molecule has 4 aliphatic rings. The molecule has 32 heavy (non-hydrogen) atoms. The van der Waals surface area contributed by atoms with Crippen molar-refractivity contribution < 1.29 is 19.4 Å². The third-order valence-electron chi connectivity index (χ3n) is 8.75. The average Bonchev–Trinajstić information content (AvgIpc) is 3.42. The van der Waals surface area contributed by atoms with Gasteiger partial charge in [0.2, 0.25) is 5.91 Å². The summed E-state index contributed by atoms with van der Waals surface area (Å²) in [6.45, 7) is 8.66. The van der Waals surface area contributed by atoms with Crippen LogP contribution in [0.2, 0.25) is 0 Å². The number of nitrogens with zero attached hydrogens (tertiary/aromatic N) is 1. The number of halogens is 1. The summed E-state index contributed by atoms with van der Waals surface area (Å²) < 4.78 is 14.6. The molecule has 2 aliphatic heterocycles. The van der Waals surface area contributed by atoms with Gasteiger partial charge in [0.15, 0.2) is 0 Å². The second kappa shape index (κ2) is 9.66. The molecule has 0 spiro atoms. The van der Waals surface area contributed by atoms with Gasteiger partial charge in [-0.25, -0.2) is 9.82 Å². The minimum Gasteiger partial charge on any atom is -0.390 e. The molecular formula is C24H41FN4O3. The third kappa shape index (κ3) is 4.49. The number of likely N-dealkylation sites (tertiary alicyclic amines) is 1. The molecule has 4 rings (SSSR count). The second-order valence-corrected chi connectivity index (χ2v) is 10.8. The molecule has 7 unspecified atom stereocenters. The van der Waals surface area contributed by atoms with Crippen molar-refractivity contribution in [2.75, 3.05) is 6.54 Å². The van der Waals surface area contributed by atoms with Crippen molar-refractivity contribution in [3.63, 3.8) is 0 Å². The van der Waals surface area contributed by atoms with Crippen LogP contribution in [-0.4, -0.2) is 76.2 Å². The van der Waals surface area contributed by atoms with E-state index in [0.717, 1.165) is 6.42 Å². The van der Waals surface area contributed by atoms with E-state index in [4.69, 9.17) is 0 Å². The molecule has 3 fully saturated rings. The van der Waals surface area contributed by atoms with Crippen LogP contribution in [-0.2, 0) is 4.79 Å². The molecule has 1 saturated carbocycles. The van der Waals surface area contributed by atoms with Crippen molar-refractivity contribution in [1.82, 2.24) is 21.1 Å². The highest BCUT2D eigenvalue weighted by molar-refractivity contribution is 5.83. The molecule has 0 radical (unpaired) electrons. The molecule has 2 aliphatic carbocycles. The molecule has 5 N–H and O–H groups in total. The molecule has 7 nitrogen and oxygen atoms in total. The number of nitrogens with one attached hydrogen (secondary N) is 3. The Morgan fingerprint density at radius 3 is 2.66 bits per heavy atom.